The van der Waals surface area contributed by atoms with Crippen LogP contribution in [0.25, 0.3) is 0 Å². The van der Waals surface area contributed by atoms with Crippen LogP contribution in [0, 0.1) is 4.91 Å². The number of rotatable bonds is 5. The molecule has 0 radical (unpaired) electrons. The predicted molar refractivity (Wildman–Crippen MR) is 41.9 cm³/mol. The summed E-state index contributed by atoms with van der Waals surface area (Å²) in [6, 6.07) is -0.531. The van der Waals surface area contributed by atoms with E-state index in [9.17, 15) is 9.70 Å². The first-order valence-electron chi connectivity index (χ1n) is 3.67. The lowest BCUT2D eigenvalue weighted by atomic mass is 10.2. The summed E-state index contributed by atoms with van der Waals surface area (Å²) in [4.78, 5) is 20.0. The quantitative estimate of drug-likeness (QED) is 0.359. The van der Waals surface area contributed by atoms with Gasteiger partial charge in [-0.15, -0.1) is 4.91 Å². The van der Waals surface area contributed by atoms with Gasteiger partial charge in [0.15, 0.2) is 0 Å². The summed E-state index contributed by atoms with van der Waals surface area (Å²) in [5.74, 6) is 0. The van der Waals surface area contributed by atoms with Crippen LogP contribution in [0.15, 0.2) is 5.29 Å². The fourth-order valence-electron chi connectivity index (χ4n) is 0.658. The Labute approximate surface area is 65.5 Å². The second-order valence-corrected chi connectivity index (χ2v) is 2.17. The summed E-state index contributed by atoms with van der Waals surface area (Å²) in [7, 11) is 0. The fraction of sp³-hybridized carbons (Fsp3) is 0.833. The second kappa shape index (κ2) is 6.98. The number of carbonyl (C=O) groups is 1. The summed E-state index contributed by atoms with van der Waals surface area (Å²) in [5.41, 5.74) is 1.74. The molecule has 64 valence electrons. The standard InChI is InChI=1S/C6H13N3O2/c1-2-3-4-5-7-6(10)8-9-11/h2-5H2,1H3,(H2,7,8,10,11). The maximum atomic E-state index is 10.5. The molecule has 2 amide bonds. The van der Waals surface area contributed by atoms with Gasteiger partial charge in [-0.1, -0.05) is 19.8 Å². The van der Waals surface area contributed by atoms with Crippen LogP contribution in [-0.4, -0.2) is 12.6 Å². The van der Waals surface area contributed by atoms with Gasteiger partial charge in [0.25, 0.3) is 0 Å². The first kappa shape index (κ1) is 9.87. The number of hydrogen-bond acceptors (Lipinski definition) is 3. The molecule has 0 spiro atoms. The summed E-state index contributed by atoms with van der Waals surface area (Å²) in [5, 5.41) is 4.70. The molecule has 5 nitrogen and oxygen atoms in total. The van der Waals surface area contributed by atoms with Gasteiger partial charge in [0.1, 0.15) is 0 Å². The van der Waals surface area contributed by atoms with Gasteiger partial charge < -0.3 is 5.32 Å². The van der Waals surface area contributed by atoms with Crippen molar-refractivity contribution in [2.24, 2.45) is 5.29 Å². The van der Waals surface area contributed by atoms with Gasteiger partial charge in [-0.05, 0) is 6.42 Å². The third kappa shape index (κ3) is 6.76. The molecule has 0 heterocycles. The number of amides is 2. The lowest BCUT2D eigenvalue weighted by Crippen LogP contribution is -2.32. The second-order valence-electron chi connectivity index (χ2n) is 2.17. The van der Waals surface area contributed by atoms with Gasteiger partial charge >= 0.3 is 6.03 Å². The number of nitrogens with zero attached hydrogens (tertiary/aromatic N) is 1. The molecule has 0 rings (SSSR count). The topological polar surface area (TPSA) is 70.6 Å². The van der Waals surface area contributed by atoms with Crippen LogP contribution in [0.5, 0.6) is 0 Å². The van der Waals surface area contributed by atoms with Gasteiger partial charge in [0, 0.05) is 6.54 Å². The number of urea groups is 1. The Balaban J connectivity index is 3.10. The molecule has 0 atom stereocenters. The molecule has 5 heteroatoms. The molecule has 0 aliphatic carbocycles. The Bertz CT molecular complexity index is 127. The normalized spacial score (nSPS) is 8.82. The maximum absolute atomic E-state index is 10.5. The minimum Gasteiger partial charge on any atom is -0.337 e. The molecule has 0 unspecified atom stereocenters. The third-order valence-electron chi connectivity index (χ3n) is 1.21. The van der Waals surface area contributed by atoms with Crippen molar-refractivity contribution in [3.8, 4) is 0 Å². The molecule has 0 saturated heterocycles. The Morgan fingerprint density at radius 2 is 2.18 bits per heavy atom. The van der Waals surface area contributed by atoms with Crippen LogP contribution >= 0.6 is 0 Å². The van der Waals surface area contributed by atoms with Crippen molar-refractivity contribution in [1.82, 2.24) is 10.7 Å². The maximum Gasteiger partial charge on any atom is 0.337 e. The van der Waals surface area contributed by atoms with Gasteiger partial charge in [0.05, 0.1) is 5.29 Å². The van der Waals surface area contributed by atoms with Crippen molar-refractivity contribution < 1.29 is 4.79 Å². The zero-order chi connectivity index (χ0) is 8.53. The first-order valence-corrected chi connectivity index (χ1v) is 3.67. The molecule has 0 aliphatic heterocycles. The van der Waals surface area contributed by atoms with E-state index in [0.717, 1.165) is 19.3 Å². The van der Waals surface area contributed by atoms with Crippen LogP contribution in [0.3, 0.4) is 0 Å². The van der Waals surface area contributed by atoms with Crippen molar-refractivity contribution in [2.75, 3.05) is 6.54 Å². The highest BCUT2D eigenvalue weighted by Crippen LogP contribution is 1.90. The minimum atomic E-state index is -0.531. The molecule has 0 bridgehead atoms. The summed E-state index contributed by atoms with van der Waals surface area (Å²) in [6.07, 6.45) is 3.12. The highest BCUT2D eigenvalue weighted by molar-refractivity contribution is 5.73. The van der Waals surface area contributed by atoms with E-state index in [1.807, 2.05) is 0 Å². The molecule has 0 aromatic rings. The Morgan fingerprint density at radius 1 is 1.45 bits per heavy atom. The van der Waals surface area contributed by atoms with E-state index < -0.39 is 6.03 Å². The summed E-state index contributed by atoms with van der Waals surface area (Å²) >= 11 is 0. The number of nitrogens with one attached hydrogen (secondary N) is 2. The van der Waals surface area contributed by atoms with Crippen LogP contribution in [0.4, 0.5) is 4.79 Å². The zero-order valence-corrected chi connectivity index (χ0v) is 6.59. The van der Waals surface area contributed by atoms with E-state index in [2.05, 4.69) is 17.5 Å². The Hall–Kier alpha value is -1.13. The van der Waals surface area contributed by atoms with Gasteiger partial charge in [-0.3, -0.25) is 0 Å². The lowest BCUT2D eigenvalue weighted by molar-refractivity contribution is 0.241. The summed E-state index contributed by atoms with van der Waals surface area (Å²) < 4.78 is 0. The van der Waals surface area contributed by atoms with E-state index in [0.29, 0.717) is 6.54 Å². The van der Waals surface area contributed by atoms with Gasteiger partial charge in [-0.25, -0.2) is 4.79 Å². The van der Waals surface area contributed by atoms with E-state index in [4.69, 9.17) is 0 Å². The molecular weight excluding hydrogens is 146 g/mol. The van der Waals surface area contributed by atoms with Gasteiger partial charge in [-0.2, -0.15) is 5.43 Å². The van der Waals surface area contributed by atoms with Crippen molar-refractivity contribution in [3.05, 3.63) is 4.91 Å². The molecule has 0 fully saturated rings. The van der Waals surface area contributed by atoms with Crippen molar-refractivity contribution >= 4 is 6.03 Å². The molecule has 2 N–H and O–H groups in total. The smallest absolute Gasteiger partial charge is 0.337 e. The number of carbonyl (C=O) groups excluding carboxylic acids is 1. The Morgan fingerprint density at radius 3 is 2.73 bits per heavy atom. The number of hydrogen-bond donors (Lipinski definition) is 2. The van der Waals surface area contributed by atoms with Crippen LogP contribution in [0.2, 0.25) is 0 Å². The van der Waals surface area contributed by atoms with Gasteiger partial charge in [0.2, 0.25) is 0 Å². The fourth-order valence-corrected chi connectivity index (χ4v) is 0.658. The molecule has 0 aromatic carbocycles. The number of nitroso groups, excluding NO2 is 1. The van der Waals surface area contributed by atoms with Crippen LogP contribution in [0.1, 0.15) is 26.2 Å². The monoisotopic (exact) mass is 159 g/mol. The molecular formula is C6H13N3O2. The Kier molecular flexibility index (Phi) is 6.27. The highest BCUT2D eigenvalue weighted by Gasteiger charge is 1.95. The average Bonchev–Trinajstić information content (AvgIpc) is 1.99. The van der Waals surface area contributed by atoms with E-state index in [-0.39, 0.29) is 0 Å². The first-order chi connectivity index (χ1) is 5.31. The van der Waals surface area contributed by atoms with E-state index in [1.54, 1.807) is 5.43 Å². The largest absolute Gasteiger partial charge is 0.337 e. The third-order valence-corrected chi connectivity index (χ3v) is 1.21. The van der Waals surface area contributed by atoms with Crippen LogP contribution < -0.4 is 10.7 Å². The SMILES string of the molecule is CCCCCNC(=O)NN=O. The molecule has 0 saturated carbocycles. The van der Waals surface area contributed by atoms with Crippen molar-refractivity contribution in [3.63, 3.8) is 0 Å². The molecule has 11 heavy (non-hydrogen) atoms. The van der Waals surface area contributed by atoms with Crippen molar-refractivity contribution in [1.29, 1.82) is 0 Å². The lowest BCUT2D eigenvalue weighted by Gasteiger charge is -2.00. The highest BCUT2D eigenvalue weighted by atomic mass is 16.3. The summed E-state index contributed by atoms with van der Waals surface area (Å²) in [6.45, 7) is 2.67. The van der Waals surface area contributed by atoms with Crippen LogP contribution in [-0.2, 0) is 0 Å². The average molecular weight is 159 g/mol. The van der Waals surface area contributed by atoms with E-state index in [1.165, 1.54) is 0 Å². The molecule has 0 aromatic heterocycles. The molecule has 0 aliphatic rings. The van der Waals surface area contributed by atoms with Crippen molar-refractivity contribution in [2.45, 2.75) is 26.2 Å². The predicted octanol–water partition coefficient (Wildman–Crippen LogP) is 1.16. The van der Waals surface area contributed by atoms with E-state index >= 15 is 0 Å². The minimum absolute atomic E-state index is 0.531. The number of unbranched alkanes of at least 4 members (excludes halogenated alkanes) is 2. The zero-order valence-electron chi connectivity index (χ0n) is 6.59.